The molecule has 1 atom stereocenters. The zero-order valence-corrected chi connectivity index (χ0v) is 13.3. The molecular weight excluding hydrogens is 308 g/mol. The Morgan fingerprint density at radius 3 is 2.62 bits per heavy atom. The molecule has 0 fully saturated rings. The van der Waals surface area contributed by atoms with Crippen LogP contribution in [0.2, 0.25) is 0 Å². The van der Waals surface area contributed by atoms with Crippen molar-refractivity contribution in [2.75, 3.05) is 5.32 Å². The Kier molecular flexibility index (Phi) is 3.99. The molecule has 0 aliphatic rings. The van der Waals surface area contributed by atoms with Crippen molar-refractivity contribution in [3.63, 3.8) is 0 Å². The van der Waals surface area contributed by atoms with Crippen LogP contribution in [0.4, 0.5) is 11.5 Å². The predicted octanol–water partition coefficient (Wildman–Crippen LogP) is 3.08. The van der Waals surface area contributed by atoms with E-state index in [1.807, 2.05) is 38.1 Å². The van der Waals surface area contributed by atoms with E-state index in [0.717, 1.165) is 11.1 Å². The number of aryl methyl sites for hydroxylation is 1. The van der Waals surface area contributed by atoms with E-state index in [9.17, 15) is 14.9 Å². The van der Waals surface area contributed by atoms with Crippen molar-refractivity contribution in [1.82, 2.24) is 9.38 Å². The third kappa shape index (κ3) is 2.71. The maximum atomic E-state index is 12.4. The summed E-state index contributed by atoms with van der Waals surface area (Å²) < 4.78 is 1.17. The summed E-state index contributed by atoms with van der Waals surface area (Å²) >= 11 is 0. The monoisotopic (exact) mass is 324 g/mol. The van der Waals surface area contributed by atoms with Crippen molar-refractivity contribution in [2.45, 2.75) is 19.9 Å². The fourth-order valence-electron chi connectivity index (χ4n) is 2.70. The Morgan fingerprint density at radius 2 is 1.92 bits per heavy atom. The predicted molar refractivity (Wildman–Crippen MR) is 91.3 cm³/mol. The van der Waals surface area contributed by atoms with Crippen LogP contribution in [0.3, 0.4) is 0 Å². The standard InChI is InChI=1S/C17H16N4O3/c1-11-7-3-4-8-13(11)12(2)18-16-15(21(23)24)17(22)20-10-6-5-9-14(20)19-16/h3-10,12,18H,1-2H3/t12-/m1/s1. The van der Waals surface area contributed by atoms with Crippen LogP contribution in [-0.4, -0.2) is 14.3 Å². The molecule has 2 heterocycles. The second-order valence-corrected chi connectivity index (χ2v) is 5.52. The van der Waals surface area contributed by atoms with Crippen molar-refractivity contribution < 1.29 is 4.92 Å². The lowest BCUT2D eigenvalue weighted by Gasteiger charge is -2.17. The molecule has 0 radical (unpaired) electrons. The van der Waals surface area contributed by atoms with Crippen molar-refractivity contribution in [2.24, 2.45) is 0 Å². The minimum atomic E-state index is -0.704. The maximum absolute atomic E-state index is 12.4. The summed E-state index contributed by atoms with van der Waals surface area (Å²) in [5.74, 6) is -0.0213. The van der Waals surface area contributed by atoms with Gasteiger partial charge in [-0.25, -0.2) is 4.98 Å². The van der Waals surface area contributed by atoms with Gasteiger partial charge < -0.3 is 5.32 Å². The third-order valence-electron chi connectivity index (χ3n) is 3.90. The molecule has 1 aromatic carbocycles. The number of fused-ring (bicyclic) bond motifs is 1. The number of nitrogens with one attached hydrogen (secondary N) is 1. The van der Waals surface area contributed by atoms with Crippen LogP contribution in [-0.2, 0) is 0 Å². The van der Waals surface area contributed by atoms with Gasteiger partial charge in [-0.2, -0.15) is 0 Å². The summed E-state index contributed by atoms with van der Waals surface area (Å²) in [4.78, 5) is 27.4. The number of anilines is 1. The Labute approximate surface area is 137 Å². The van der Waals surface area contributed by atoms with E-state index in [-0.39, 0.29) is 11.9 Å². The number of benzene rings is 1. The molecule has 0 spiro atoms. The first-order valence-corrected chi connectivity index (χ1v) is 7.47. The molecule has 0 aliphatic heterocycles. The largest absolute Gasteiger partial charge is 0.376 e. The Hall–Kier alpha value is -3.22. The Bertz CT molecular complexity index is 981. The van der Waals surface area contributed by atoms with Gasteiger partial charge in [0.25, 0.3) is 0 Å². The lowest BCUT2D eigenvalue weighted by atomic mass is 10.0. The highest BCUT2D eigenvalue weighted by Gasteiger charge is 2.25. The molecule has 7 nitrogen and oxygen atoms in total. The topological polar surface area (TPSA) is 89.5 Å². The lowest BCUT2D eigenvalue weighted by molar-refractivity contribution is -0.385. The molecule has 2 aromatic heterocycles. The van der Waals surface area contributed by atoms with E-state index < -0.39 is 16.2 Å². The van der Waals surface area contributed by atoms with Gasteiger partial charge in [0.1, 0.15) is 5.65 Å². The minimum Gasteiger partial charge on any atom is -0.358 e. The molecule has 0 aliphatic carbocycles. The highest BCUT2D eigenvalue weighted by Crippen LogP contribution is 2.25. The van der Waals surface area contributed by atoms with Gasteiger partial charge >= 0.3 is 11.2 Å². The summed E-state index contributed by atoms with van der Waals surface area (Å²) in [5.41, 5.74) is 1.14. The third-order valence-corrected chi connectivity index (χ3v) is 3.90. The van der Waals surface area contributed by atoms with Gasteiger partial charge in [-0.15, -0.1) is 0 Å². The van der Waals surface area contributed by atoms with Crippen molar-refractivity contribution in [3.05, 3.63) is 80.3 Å². The molecule has 0 unspecified atom stereocenters. The van der Waals surface area contributed by atoms with Gasteiger partial charge in [-0.1, -0.05) is 30.3 Å². The van der Waals surface area contributed by atoms with Gasteiger partial charge in [0, 0.05) is 6.20 Å². The van der Waals surface area contributed by atoms with Gasteiger partial charge in [-0.3, -0.25) is 19.3 Å². The van der Waals surface area contributed by atoms with Crippen LogP contribution in [0.15, 0.2) is 53.5 Å². The molecule has 0 bridgehead atoms. The number of aromatic nitrogens is 2. The van der Waals surface area contributed by atoms with E-state index >= 15 is 0 Å². The highest BCUT2D eigenvalue weighted by molar-refractivity contribution is 5.60. The summed E-state index contributed by atoms with van der Waals surface area (Å²) in [6.07, 6.45) is 1.46. The zero-order chi connectivity index (χ0) is 17.3. The van der Waals surface area contributed by atoms with E-state index in [4.69, 9.17) is 0 Å². The van der Waals surface area contributed by atoms with E-state index in [2.05, 4.69) is 10.3 Å². The van der Waals surface area contributed by atoms with Gasteiger partial charge in [0.2, 0.25) is 5.82 Å². The smallest absolute Gasteiger partial charge is 0.358 e. The quantitative estimate of drug-likeness (QED) is 0.588. The van der Waals surface area contributed by atoms with Crippen LogP contribution in [0, 0.1) is 17.0 Å². The second kappa shape index (κ2) is 6.11. The summed E-state index contributed by atoms with van der Waals surface area (Å²) in [5, 5.41) is 14.4. The summed E-state index contributed by atoms with van der Waals surface area (Å²) in [7, 11) is 0. The first-order valence-electron chi connectivity index (χ1n) is 7.47. The average Bonchev–Trinajstić information content (AvgIpc) is 2.55. The van der Waals surface area contributed by atoms with Crippen LogP contribution in [0.25, 0.3) is 5.65 Å². The first kappa shape index (κ1) is 15.7. The number of hydrogen-bond acceptors (Lipinski definition) is 5. The number of nitro groups is 1. The van der Waals surface area contributed by atoms with Crippen LogP contribution in [0.1, 0.15) is 24.1 Å². The van der Waals surface area contributed by atoms with Gasteiger partial charge in [-0.05, 0) is 37.1 Å². The summed E-state index contributed by atoms with van der Waals surface area (Å²) in [6, 6.07) is 12.5. The van der Waals surface area contributed by atoms with Crippen LogP contribution < -0.4 is 10.9 Å². The lowest BCUT2D eigenvalue weighted by Crippen LogP contribution is -2.22. The second-order valence-electron chi connectivity index (χ2n) is 5.52. The van der Waals surface area contributed by atoms with E-state index in [0.29, 0.717) is 5.65 Å². The van der Waals surface area contributed by atoms with Gasteiger partial charge in [0.05, 0.1) is 11.0 Å². The van der Waals surface area contributed by atoms with Crippen molar-refractivity contribution >= 4 is 17.2 Å². The van der Waals surface area contributed by atoms with Gasteiger partial charge in [0.15, 0.2) is 0 Å². The molecule has 0 amide bonds. The van der Waals surface area contributed by atoms with Crippen LogP contribution >= 0.6 is 0 Å². The van der Waals surface area contributed by atoms with Crippen LogP contribution in [0.5, 0.6) is 0 Å². The first-order chi connectivity index (χ1) is 11.5. The number of rotatable bonds is 4. The highest BCUT2D eigenvalue weighted by atomic mass is 16.6. The molecular formula is C17H16N4O3. The SMILES string of the molecule is Cc1ccccc1[C@@H](C)Nc1nc2ccccn2c(=O)c1[N+](=O)[O-]. The van der Waals surface area contributed by atoms with Crippen molar-refractivity contribution in [1.29, 1.82) is 0 Å². The minimum absolute atomic E-state index is 0.0213. The molecule has 0 saturated heterocycles. The molecule has 1 N–H and O–H groups in total. The maximum Gasteiger partial charge on any atom is 0.376 e. The van der Waals surface area contributed by atoms with E-state index in [1.165, 1.54) is 10.6 Å². The molecule has 3 rings (SSSR count). The fraction of sp³-hybridized carbons (Fsp3) is 0.176. The average molecular weight is 324 g/mol. The summed E-state index contributed by atoms with van der Waals surface area (Å²) in [6.45, 7) is 3.84. The Morgan fingerprint density at radius 1 is 1.21 bits per heavy atom. The zero-order valence-electron chi connectivity index (χ0n) is 13.3. The van der Waals surface area contributed by atoms with E-state index in [1.54, 1.807) is 18.2 Å². The number of pyridine rings is 1. The molecule has 3 aromatic rings. The fourth-order valence-corrected chi connectivity index (χ4v) is 2.70. The van der Waals surface area contributed by atoms with Crippen molar-refractivity contribution in [3.8, 4) is 0 Å². The number of hydrogen-bond donors (Lipinski definition) is 1. The molecule has 122 valence electrons. The molecule has 7 heteroatoms. The Balaban J connectivity index is 2.12. The molecule has 0 saturated carbocycles. The normalized spacial score (nSPS) is 12.1. The number of nitrogens with zero attached hydrogens (tertiary/aromatic N) is 3. The molecule has 24 heavy (non-hydrogen) atoms.